The summed E-state index contributed by atoms with van der Waals surface area (Å²) in [6.07, 6.45) is 2.09. The molecule has 0 fully saturated rings. The summed E-state index contributed by atoms with van der Waals surface area (Å²) in [6, 6.07) is 1.07. The van der Waals surface area contributed by atoms with E-state index in [1.165, 1.54) is 6.08 Å². The number of rotatable bonds is 11. The fraction of sp³-hybridized carbons (Fsp3) is 0.769. The zero-order valence-corrected chi connectivity index (χ0v) is 16.8. The number of esters is 1. The van der Waals surface area contributed by atoms with Crippen LogP contribution in [0, 0.1) is 0 Å². The third-order valence-electron chi connectivity index (χ3n) is 2.10. The van der Waals surface area contributed by atoms with Crippen LogP contribution in [0.1, 0.15) is 27.2 Å². The maximum atomic E-state index is 10.5. The van der Waals surface area contributed by atoms with Crippen LogP contribution < -0.4 is 0 Å². The van der Waals surface area contributed by atoms with Crippen LogP contribution in [-0.2, 0) is 23.4 Å². The summed E-state index contributed by atoms with van der Waals surface area (Å²) in [5, 5.41) is 0. The Morgan fingerprint density at radius 2 is 1.85 bits per heavy atom. The zero-order chi connectivity index (χ0) is 15.6. The van der Waals surface area contributed by atoms with Crippen molar-refractivity contribution in [3.05, 3.63) is 12.7 Å². The van der Waals surface area contributed by atoms with Crippen molar-refractivity contribution in [2.24, 2.45) is 0 Å². The van der Waals surface area contributed by atoms with Gasteiger partial charge >= 0.3 is 5.97 Å². The molecule has 0 aromatic heterocycles. The van der Waals surface area contributed by atoms with E-state index in [1.54, 1.807) is 0 Å². The van der Waals surface area contributed by atoms with Gasteiger partial charge in [-0.25, -0.2) is 4.79 Å². The molecule has 0 bridgehead atoms. The minimum Gasteiger partial charge on any atom is -0.463 e. The van der Waals surface area contributed by atoms with Crippen LogP contribution in [0.5, 0.6) is 0 Å². The predicted octanol–water partition coefficient (Wildman–Crippen LogP) is 0.353. The van der Waals surface area contributed by atoms with Gasteiger partial charge in [-0.2, -0.15) is 0 Å². The highest BCUT2D eigenvalue weighted by Crippen LogP contribution is 1.91. The second kappa shape index (κ2) is 18.5. The van der Waals surface area contributed by atoms with Crippen molar-refractivity contribution in [3.63, 3.8) is 0 Å². The first kappa shape index (κ1) is 21.8. The van der Waals surface area contributed by atoms with Crippen molar-refractivity contribution in [1.82, 2.24) is 0 Å². The second-order valence-electron chi connectivity index (χ2n) is 3.75. The number of hydrogen-bond donors (Lipinski definition) is 0. The number of carbonyl (C=O) groups is 1. The van der Waals surface area contributed by atoms with E-state index in [-0.39, 0.29) is 21.6 Å². The van der Waals surface area contributed by atoms with E-state index in [0.717, 1.165) is 42.5 Å². The average Bonchev–Trinajstić information content (AvgIpc) is 2.43. The molecule has 0 unspecified atom stereocenters. The maximum absolute atomic E-state index is 10.5. The highest BCUT2D eigenvalue weighted by atomic mass is 28.2. The lowest BCUT2D eigenvalue weighted by Crippen LogP contribution is -2.16. The van der Waals surface area contributed by atoms with Crippen molar-refractivity contribution in [2.75, 3.05) is 26.4 Å². The van der Waals surface area contributed by atoms with Crippen molar-refractivity contribution in [3.8, 4) is 0 Å². The van der Waals surface area contributed by atoms with E-state index in [9.17, 15) is 4.79 Å². The van der Waals surface area contributed by atoms with Crippen LogP contribution in [0.15, 0.2) is 12.7 Å². The van der Waals surface area contributed by atoms with E-state index in [0.29, 0.717) is 6.61 Å². The summed E-state index contributed by atoms with van der Waals surface area (Å²) in [6.45, 7) is 12.1. The highest BCUT2D eigenvalue weighted by molar-refractivity contribution is 6.26. The predicted molar refractivity (Wildman–Crippen MR) is 87.7 cm³/mol. The minimum absolute atomic E-state index is 0.102. The molecule has 0 spiro atoms. The van der Waals surface area contributed by atoms with E-state index in [1.807, 2.05) is 20.8 Å². The van der Waals surface area contributed by atoms with Crippen LogP contribution in [0.2, 0.25) is 6.04 Å². The third kappa shape index (κ3) is 19.9. The first-order chi connectivity index (χ1) is 9.62. The van der Waals surface area contributed by atoms with Gasteiger partial charge in [0.25, 0.3) is 0 Å². The topological polar surface area (TPSA) is 54.0 Å². The largest absolute Gasteiger partial charge is 0.463 e. The Morgan fingerprint density at radius 1 is 1.25 bits per heavy atom. The Bertz CT molecular complexity index is 221. The Labute approximate surface area is 128 Å². The molecular weight excluding hydrogens is 292 g/mol. The van der Waals surface area contributed by atoms with Crippen molar-refractivity contribution < 1.29 is 23.4 Å². The van der Waals surface area contributed by atoms with E-state index in [4.69, 9.17) is 18.6 Å². The molecular formula is C13H30O5Si2. The summed E-state index contributed by atoms with van der Waals surface area (Å²) in [4.78, 5) is 10.5. The molecule has 0 saturated carbocycles. The standard InChI is InChI=1S/C8H16O3Si.C5H14O2Si/c1-3-8(9)10-6-5-7-12-11-4-2;1-3-6-5(8)7-4-2/h3H,1,4-7,12H2,2H3;5H,3-4H2,1-2,8H3. The van der Waals surface area contributed by atoms with Gasteiger partial charge in [0.1, 0.15) is 5.91 Å². The summed E-state index contributed by atoms with van der Waals surface area (Å²) in [5.74, 6) is -0.238. The van der Waals surface area contributed by atoms with Crippen LogP contribution in [0.4, 0.5) is 0 Å². The normalized spacial score (nSPS) is 10.6. The SMILES string of the molecule is C=CC(=O)OCCC[SiH2]OCC.CCOC([SiH3])OCC. The van der Waals surface area contributed by atoms with E-state index in [2.05, 4.69) is 6.58 Å². The third-order valence-corrected chi connectivity index (χ3v) is 4.25. The average molecular weight is 323 g/mol. The molecule has 20 heavy (non-hydrogen) atoms. The molecule has 0 aromatic carbocycles. The van der Waals surface area contributed by atoms with E-state index >= 15 is 0 Å². The van der Waals surface area contributed by atoms with Gasteiger partial charge in [-0.15, -0.1) is 0 Å². The van der Waals surface area contributed by atoms with Gasteiger partial charge in [0, 0.05) is 25.9 Å². The van der Waals surface area contributed by atoms with Gasteiger partial charge < -0.3 is 18.6 Å². The first-order valence-electron chi connectivity index (χ1n) is 7.22. The Morgan fingerprint density at radius 3 is 2.30 bits per heavy atom. The summed E-state index contributed by atoms with van der Waals surface area (Å²) >= 11 is 0. The van der Waals surface area contributed by atoms with E-state index < -0.39 is 0 Å². The molecule has 0 atom stereocenters. The Kier molecular flexibility index (Phi) is 20.2. The monoisotopic (exact) mass is 322 g/mol. The minimum atomic E-state index is -0.357. The molecule has 0 aromatic rings. The molecule has 0 aliphatic carbocycles. The molecule has 120 valence electrons. The van der Waals surface area contributed by atoms with Gasteiger partial charge in [0.15, 0.2) is 9.76 Å². The lowest BCUT2D eigenvalue weighted by atomic mass is 10.5. The molecule has 5 nitrogen and oxygen atoms in total. The van der Waals surface area contributed by atoms with Gasteiger partial charge in [-0.1, -0.05) is 6.58 Å². The fourth-order valence-electron chi connectivity index (χ4n) is 1.20. The number of ether oxygens (including phenoxy) is 3. The fourth-order valence-corrected chi connectivity index (χ4v) is 2.77. The van der Waals surface area contributed by atoms with Crippen molar-refractivity contribution in [1.29, 1.82) is 0 Å². The molecule has 0 aliphatic heterocycles. The number of carbonyl (C=O) groups excluding carboxylic acids is 1. The number of hydrogen-bond acceptors (Lipinski definition) is 5. The zero-order valence-electron chi connectivity index (χ0n) is 13.4. The lowest BCUT2D eigenvalue weighted by Gasteiger charge is -2.09. The molecule has 0 amide bonds. The first-order valence-corrected chi connectivity index (χ1v) is 9.95. The van der Waals surface area contributed by atoms with Gasteiger partial charge in [0.2, 0.25) is 0 Å². The van der Waals surface area contributed by atoms with Gasteiger partial charge in [-0.3, -0.25) is 0 Å². The summed E-state index contributed by atoms with van der Waals surface area (Å²) in [5.41, 5.74) is 0. The second-order valence-corrected chi connectivity index (χ2v) is 6.22. The highest BCUT2D eigenvalue weighted by Gasteiger charge is 1.95. The molecule has 0 rings (SSSR count). The van der Waals surface area contributed by atoms with Gasteiger partial charge in [0.05, 0.1) is 16.8 Å². The summed E-state index contributed by atoms with van der Waals surface area (Å²) in [7, 11) is 0.607. The Hall–Kier alpha value is -0.476. The molecule has 0 radical (unpaired) electrons. The lowest BCUT2D eigenvalue weighted by molar-refractivity contribution is -0.137. The molecule has 0 aliphatic rings. The van der Waals surface area contributed by atoms with Gasteiger partial charge in [-0.05, 0) is 33.2 Å². The summed E-state index contributed by atoms with van der Waals surface area (Å²) < 4.78 is 20.3. The molecule has 0 heterocycles. The van der Waals surface area contributed by atoms with Crippen molar-refractivity contribution in [2.45, 2.75) is 39.1 Å². The van der Waals surface area contributed by atoms with Crippen LogP contribution >= 0.6 is 0 Å². The molecule has 0 N–H and O–H groups in total. The maximum Gasteiger partial charge on any atom is 0.330 e. The van der Waals surface area contributed by atoms with Crippen LogP contribution in [0.3, 0.4) is 0 Å². The van der Waals surface area contributed by atoms with Crippen molar-refractivity contribution >= 4 is 26.0 Å². The smallest absolute Gasteiger partial charge is 0.330 e. The van der Waals surface area contributed by atoms with Crippen LogP contribution in [0.25, 0.3) is 0 Å². The Balaban J connectivity index is 0. The molecule has 7 heteroatoms. The quantitative estimate of drug-likeness (QED) is 0.181. The molecule has 0 saturated heterocycles. The van der Waals surface area contributed by atoms with Crippen LogP contribution in [-0.4, -0.2) is 58.3 Å².